The molecule has 3 atom stereocenters. The van der Waals surface area contributed by atoms with Gasteiger partial charge in [-0.2, -0.15) is 0 Å². The Morgan fingerprint density at radius 3 is 2.75 bits per heavy atom. The topological polar surface area (TPSA) is 63.0 Å². The van der Waals surface area contributed by atoms with Crippen LogP contribution in [-0.4, -0.2) is 59.5 Å². The molecule has 0 spiro atoms. The lowest BCUT2D eigenvalue weighted by molar-refractivity contribution is -0.132. The van der Waals surface area contributed by atoms with Crippen molar-refractivity contribution in [2.75, 3.05) is 19.7 Å². The third-order valence-corrected chi connectivity index (χ3v) is 5.54. The van der Waals surface area contributed by atoms with Crippen molar-refractivity contribution >= 4 is 11.8 Å². The van der Waals surface area contributed by atoms with Crippen LogP contribution in [0.1, 0.15) is 47.6 Å². The van der Waals surface area contributed by atoms with Crippen LogP contribution in [0.3, 0.4) is 0 Å². The maximum Gasteiger partial charge on any atom is 0.257 e. The summed E-state index contributed by atoms with van der Waals surface area (Å²) in [7, 11) is 0. The Morgan fingerprint density at radius 1 is 1.25 bits per heavy atom. The number of amides is 2. The summed E-state index contributed by atoms with van der Waals surface area (Å²) in [6.45, 7) is 5.73. The van der Waals surface area contributed by atoms with Gasteiger partial charge in [0.25, 0.3) is 5.91 Å². The number of aryl methyl sites for hydroxylation is 2. The highest BCUT2D eigenvalue weighted by Gasteiger charge is 2.50. The summed E-state index contributed by atoms with van der Waals surface area (Å²) in [6.07, 6.45) is 3.35. The quantitative estimate of drug-likeness (QED) is 0.830. The Hall–Kier alpha value is -1.82. The highest BCUT2D eigenvalue weighted by atomic mass is 16.5. The summed E-state index contributed by atoms with van der Waals surface area (Å²) in [6, 6.07) is 1.85. The molecule has 0 radical (unpaired) electrons. The number of fused-ring (bicyclic) bond motifs is 1. The second-order valence-electron chi connectivity index (χ2n) is 7.09. The summed E-state index contributed by atoms with van der Waals surface area (Å²) in [5.41, 5.74) is 0.630. The maximum absolute atomic E-state index is 13.1. The van der Waals surface area contributed by atoms with E-state index in [1.54, 1.807) is 0 Å². The zero-order valence-electron chi connectivity index (χ0n) is 14.3. The van der Waals surface area contributed by atoms with Crippen molar-refractivity contribution in [3.63, 3.8) is 0 Å². The van der Waals surface area contributed by atoms with E-state index in [-0.39, 0.29) is 30.0 Å². The predicted molar refractivity (Wildman–Crippen MR) is 86.7 cm³/mol. The molecule has 3 aliphatic heterocycles. The van der Waals surface area contributed by atoms with Gasteiger partial charge in [-0.3, -0.25) is 9.59 Å². The zero-order valence-corrected chi connectivity index (χ0v) is 14.3. The first kappa shape index (κ1) is 15.7. The first-order chi connectivity index (χ1) is 11.6. The molecular weight excluding hydrogens is 308 g/mol. The van der Waals surface area contributed by atoms with Crippen molar-refractivity contribution in [1.29, 1.82) is 0 Å². The zero-order chi connectivity index (χ0) is 16.8. The maximum atomic E-state index is 13.1. The molecule has 0 unspecified atom stereocenters. The lowest BCUT2D eigenvalue weighted by Crippen LogP contribution is -2.48. The molecule has 0 bridgehead atoms. The number of hydrogen-bond donors (Lipinski definition) is 0. The second kappa shape index (κ2) is 5.92. The molecular formula is C18H24N2O4. The summed E-state index contributed by atoms with van der Waals surface area (Å²) in [5.74, 6) is 1.60. The van der Waals surface area contributed by atoms with Gasteiger partial charge in [0.05, 0.1) is 23.8 Å². The standard InChI is InChI=1S/C18H24N2O4/c1-11-9-13(12(2)24-11)18(22)20-10-15(19-7-3-6-16(19)21)17-14(20)5-4-8-23-17/h9,14-15,17H,3-8,10H2,1-2H3/t14-,15-,17+/m1/s1. The lowest BCUT2D eigenvalue weighted by atomic mass is 10.00. The largest absolute Gasteiger partial charge is 0.466 e. The highest BCUT2D eigenvalue weighted by Crippen LogP contribution is 2.35. The van der Waals surface area contributed by atoms with E-state index < -0.39 is 0 Å². The van der Waals surface area contributed by atoms with E-state index >= 15 is 0 Å². The van der Waals surface area contributed by atoms with Crippen LogP contribution in [0.15, 0.2) is 10.5 Å². The number of hydrogen-bond acceptors (Lipinski definition) is 4. The van der Waals surface area contributed by atoms with E-state index in [4.69, 9.17) is 9.15 Å². The molecule has 4 rings (SSSR count). The van der Waals surface area contributed by atoms with Gasteiger partial charge in [0.2, 0.25) is 5.91 Å². The first-order valence-corrected chi connectivity index (χ1v) is 8.85. The summed E-state index contributed by atoms with van der Waals surface area (Å²) in [4.78, 5) is 29.1. The van der Waals surface area contributed by atoms with Crippen molar-refractivity contribution in [2.24, 2.45) is 0 Å². The minimum atomic E-state index is -0.0574. The van der Waals surface area contributed by atoms with E-state index in [2.05, 4.69) is 0 Å². The Bertz CT molecular complexity index is 668. The van der Waals surface area contributed by atoms with Gasteiger partial charge in [-0.05, 0) is 39.2 Å². The van der Waals surface area contributed by atoms with Gasteiger partial charge in [-0.1, -0.05) is 0 Å². The lowest BCUT2D eigenvalue weighted by Gasteiger charge is -2.34. The summed E-state index contributed by atoms with van der Waals surface area (Å²) in [5, 5.41) is 0. The van der Waals surface area contributed by atoms with Gasteiger partial charge in [0.15, 0.2) is 0 Å². The van der Waals surface area contributed by atoms with Crippen molar-refractivity contribution in [3.8, 4) is 0 Å². The molecule has 0 N–H and O–H groups in total. The number of ether oxygens (including phenoxy) is 1. The van der Waals surface area contributed by atoms with Gasteiger partial charge in [0.1, 0.15) is 11.5 Å². The van der Waals surface area contributed by atoms with Crippen LogP contribution >= 0.6 is 0 Å². The average Bonchev–Trinajstić information content (AvgIpc) is 3.23. The van der Waals surface area contributed by atoms with E-state index in [1.165, 1.54) is 0 Å². The molecule has 0 aromatic carbocycles. The van der Waals surface area contributed by atoms with Crippen LogP contribution in [0.2, 0.25) is 0 Å². The molecule has 6 nitrogen and oxygen atoms in total. The monoisotopic (exact) mass is 332 g/mol. The average molecular weight is 332 g/mol. The second-order valence-corrected chi connectivity index (χ2v) is 7.09. The van der Waals surface area contributed by atoms with Crippen molar-refractivity contribution in [1.82, 2.24) is 9.80 Å². The number of rotatable bonds is 2. The number of furan rings is 1. The van der Waals surface area contributed by atoms with Crippen molar-refractivity contribution in [3.05, 3.63) is 23.2 Å². The van der Waals surface area contributed by atoms with E-state index in [1.807, 2.05) is 29.7 Å². The molecule has 3 aliphatic rings. The number of carbonyl (C=O) groups excluding carboxylic acids is 2. The van der Waals surface area contributed by atoms with Gasteiger partial charge in [-0.15, -0.1) is 0 Å². The third-order valence-electron chi connectivity index (χ3n) is 5.54. The SMILES string of the molecule is Cc1cc(C(=O)N2C[C@@H](N3CCCC3=O)[C@H]3OCCC[C@H]32)c(C)o1. The molecule has 130 valence electrons. The summed E-state index contributed by atoms with van der Waals surface area (Å²) >= 11 is 0. The Labute approximate surface area is 141 Å². The first-order valence-electron chi connectivity index (χ1n) is 8.85. The van der Waals surface area contributed by atoms with Crippen LogP contribution < -0.4 is 0 Å². The van der Waals surface area contributed by atoms with Crippen molar-refractivity contribution < 1.29 is 18.7 Å². The molecule has 1 aromatic rings. The minimum Gasteiger partial charge on any atom is -0.466 e. The normalized spacial score (nSPS) is 30.1. The molecule has 2 amide bonds. The van der Waals surface area contributed by atoms with Gasteiger partial charge >= 0.3 is 0 Å². The van der Waals surface area contributed by atoms with Gasteiger partial charge in [0, 0.05) is 26.1 Å². The molecule has 3 fully saturated rings. The fraction of sp³-hybridized carbons (Fsp3) is 0.667. The molecule has 6 heteroatoms. The van der Waals surface area contributed by atoms with E-state index in [0.29, 0.717) is 30.9 Å². The van der Waals surface area contributed by atoms with Crippen LogP contribution in [0.25, 0.3) is 0 Å². The Morgan fingerprint density at radius 2 is 2.08 bits per heavy atom. The molecule has 0 aliphatic carbocycles. The number of nitrogens with zero attached hydrogens (tertiary/aromatic N) is 2. The van der Waals surface area contributed by atoms with Crippen LogP contribution in [0, 0.1) is 13.8 Å². The summed E-state index contributed by atoms with van der Waals surface area (Å²) < 4.78 is 11.5. The fourth-order valence-corrected chi connectivity index (χ4v) is 4.46. The van der Waals surface area contributed by atoms with Gasteiger partial charge in [-0.25, -0.2) is 0 Å². The Kier molecular flexibility index (Phi) is 3.87. The number of likely N-dealkylation sites (tertiary alicyclic amines) is 2. The van der Waals surface area contributed by atoms with E-state index in [0.717, 1.165) is 31.6 Å². The van der Waals surface area contributed by atoms with Gasteiger partial charge < -0.3 is 19.0 Å². The van der Waals surface area contributed by atoms with Crippen molar-refractivity contribution in [2.45, 2.75) is 57.7 Å². The number of carbonyl (C=O) groups is 2. The predicted octanol–water partition coefficient (Wildman–Crippen LogP) is 1.89. The van der Waals surface area contributed by atoms with Crippen LogP contribution in [-0.2, 0) is 9.53 Å². The molecule has 4 heterocycles. The smallest absolute Gasteiger partial charge is 0.257 e. The molecule has 24 heavy (non-hydrogen) atoms. The molecule has 3 saturated heterocycles. The molecule has 0 saturated carbocycles. The van der Waals surface area contributed by atoms with Crippen LogP contribution in [0.4, 0.5) is 0 Å². The fourth-order valence-electron chi connectivity index (χ4n) is 4.46. The molecule has 1 aromatic heterocycles. The minimum absolute atomic E-state index is 0.000930. The van der Waals surface area contributed by atoms with Crippen LogP contribution in [0.5, 0.6) is 0 Å². The Balaban J connectivity index is 1.62. The highest BCUT2D eigenvalue weighted by molar-refractivity contribution is 5.96. The third kappa shape index (κ3) is 2.44. The van der Waals surface area contributed by atoms with E-state index in [9.17, 15) is 9.59 Å².